The second-order valence-corrected chi connectivity index (χ2v) is 2.27. The summed E-state index contributed by atoms with van der Waals surface area (Å²) in [5.41, 5.74) is 5.54. The van der Waals surface area contributed by atoms with E-state index in [9.17, 15) is 4.79 Å². The first-order valence-electron chi connectivity index (χ1n) is 3.16. The molecule has 0 fully saturated rings. The molecular weight excluding hydrogens is 160 g/mol. The molecule has 12 heavy (non-hydrogen) atoms. The number of aromatic carboxylic acids is 1. The van der Waals surface area contributed by atoms with Crippen LogP contribution in [-0.2, 0) is 0 Å². The Morgan fingerprint density at radius 3 is 2.67 bits per heavy atom. The first-order valence-corrected chi connectivity index (χ1v) is 3.16. The topological polar surface area (TPSA) is 105 Å². The second-order valence-electron chi connectivity index (χ2n) is 2.27. The summed E-state index contributed by atoms with van der Waals surface area (Å²) in [6.45, 7) is 1.63. The molecule has 0 radical (unpaired) electrons. The van der Waals surface area contributed by atoms with Gasteiger partial charge < -0.3 is 10.8 Å². The fourth-order valence-corrected chi connectivity index (χ4v) is 0.823. The molecule has 0 aliphatic heterocycles. The van der Waals surface area contributed by atoms with Gasteiger partial charge >= 0.3 is 5.97 Å². The highest BCUT2D eigenvalue weighted by Crippen LogP contribution is 2.01. The van der Waals surface area contributed by atoms with E-state index >= 15 is 0 Å². The van der Waals surface area contributed by atoms with E-state index in [-0.39, 0.29) is 11.7 Å². The largest absolute Gasteiger partial charge is 0.476 e. The molecule has 1 aromatic rings. The lowest BCUT2D eigenvalue weighted by Crippen LogP contribution is -2.23. The Balaban J connectivity index is 3.17. The first kappa shape index (κ1) is 8.25. The summed E-state index contributed by atoms with van der Waals surface area (Å²) < 4.78 is 1.06. The second kappa shape index (κ2) is 2.65. The lowest BCUT2D eigenvalue weighted by atomic mass is 10.4. The van der Waals surface area contributed by atoms with Gasteiger partial charge in [0, 0.05) is 5.69 Å². The van der Waals surface area contributed by atoms with Crippen LogP contribution in [0.1, 0.15) is 16.2 Å². The standard InChI is InChI=1S/C6H8N4O2/c1-3-2-4(5(11)12)9-10(3)6(7)8/h2H,1H3,(H3,7,8)(H,11,12). The molecule has 0 spiro atoms. The smallest absolute Gasteiger partial charge is 0.356 e. The quantitative estimate of drug-likeness (QED) is 0.393. The van der Waals surface area contributed by atoms with Gasteiger partial charge in [-0.05, 0) is 13.0 Å². The summed E-state index contributed by atoms with van der Waals surface area (Å²) in [5.74, 6) is -1.42. The molecule has 0 aromatic carbocycles. The maximum atomic E-state index is 10.4. The van der Waals surface area contributed by atoms with Crippen molar-refractivity contribution in [1.82, 2.24) is 9.78 Å². The minimum absolute atomic E-state index is 0.109. The molecule has 4 N–H and O–H groups in total. The molecule has 1 rings (SSSR count). The average Bonchev–Trinajstić information content (AvgIpc) is 2.30. The van der Waals surface area contributed by atoms with E-state index in [1.54, 1.807) is 6.92 Å². The third kappa shape index (κ3) is 1.26. The Labute approximate surface area is 68.1 Å². The predicted octanol–water partition coefficient (Wildman–Crippen LogP) is -0.369. The number of aromatic nitrogens is 2. The SMILES string of the molecule is Cc1cc(C(=O)O)nn1C(=N)N. The summed E-state index contributed by atoms with van der Waals surface area (Å²) >= 11 is 0. The van der Waals surface area contributed by atoms with E-state index in [2.05, 4.69) is 5.10 Å². The zero-order valence-electron chi connectivity index (χ0n) is 6.40. The zero-order chi connectivity index (χ0) is 9.30. The van der Waals surface area contributed by atoms with Crippen LogP contribution in [0.3, 0.4) is 0 Å². The van der Waals surface area contributed by atoms with Gasteiger partial charge in [0.15, 0.2) is 5.69 Å². The first-order chi connectivity index (χ1) is 5.52. The van der Waals surface area contributed by atoms with Crippen LogP contribution in [0.5, 0.6) is 0 Å². The third-order valence-corrected chi connectivity index (χ3v) is 1.33. The lowest BCUT2D eigenvalue weighted by Gasteiger charge is -1.97. The summed E-state index contributed by atoms with van der Waals surface area (Å²) in [7, 11) is 0. The number of nitrogens with one attached hydrogen (secondary N) is 1. The van der Waals surface area contributed by atoms with Gasteiger partial charge in [0.05, 0.1) is 0 Å². The van der Waals surface area contributed by atoms with E-state index in [1.807, 2.05) is 0 Å². The van der Waals surface area contributed by atoms with Crippen molar-refractivity contribution < 1.29 is 9.90 Å². The molecule has 0 saturated carbocycles. The highest BCUT2D eigenvalue weighted by molar-refractivity contribution is 5.87. The highest BCUT2D eigenvalue weighted by Gasteiger charge is 2.11. The molecule has 0 atom stereocenters. The Kier molecular flexibility index (Phi) is 1.82. The van der Waals surface area contributed by atoms with E-state index in [0.717, 1.165) is 4.68 Å². The van der Waals surface area contributed by atoms with Crippen LogP contribution >= 0.6 is 0 Å². The number of carbonyl (C=O) groups is 1. The molecule has 1 aromatic heterocycles. The number of carboxylic acid groups (broad SMARTS) is 1. The van der Waals surface area contributed by atoms with Gasteiger partial charge in [-0.1, -0.05) is 0 Å². The normalized spacial score (nSPS) is 9.75. The van der Waals surface area contributed by atoms with Gasteiger partial charge in [0.2, 0.25) is 5.96 Å². The average molecular weight is 168 g/mol. The molecular formula is C6H8N4O2. The van der Waals surface area contributed by atoms with Crippen molar-refractivity contribution in [1.29, 1.82) is 5.41 Å². The van der Waals surface area contributed by atoms with Crippen LogP contribution < -0.4 is 5.73 Å². The van der Waals surface area contributed by atoms with Crippen molar-refractivity contribution >= 4 is 11.9 Å². The van der Waals surface area contributed by atoms with Crippen LogP contribution in [-0.4, -0.2) is 26.8 Å². The number of nitrogens with zero attached hydrogens (tertiary/aromatic N) is 2. The van der Waals surface area contributed by atoms with Gasteiger partial charge in [-0.3, -0.25) is 5.41 Å². The summed E-state index contributed by atoms with van der Waals surface area (Å²) in [6, 6.07) is 1.35. The predicted molar refractivity (Wildman–Crippen MR) is 41.2 cm³/mol. The third-order valence-electron chi connectivity index (χ3n) is 1.33. The Hall–Kier alpha value is -1.85. The molecule has 1 heterocycles. The molecule has 0 unspecified atom stereocenters. The van der Waals surface area contributed by atoms with Crippen molar-refractivity contribution in [3.63, 3.8) is 0 Å². The van der Waals surface area contributed by atoms with Crippen LogP contribution in [0.15, 0.2) is 6.07 Å². The van der Waals surface area contributed by atoms with Crippen LogP contribution in [0, 0.1) is 12.3 Å². The van der Waals surface area contributed by atoms with Crippen LogP contribution in [0.2, 0.25) is 0 Å². The lowest BCUT2D eigenvalue weighted by molar-refractivity contribution is 0.0690. The minimum Gasteiger partial charge on any atom is -0.476 e. The van der Waals surface area contributed by atoms with E-state index < -0.39 is 5.97 Å². The van der Waals surface area contributed by atoms with Crippen molar-refractivity contribution in [3.8, 4) is 0 Å². The molecule has 0 aliphatic carbocycles. The molecule has 6 nitrogen and oxygen atoms in total. The minimum atomic E-state index is -1.13. The van der Waals surface area contributed by atoms with Gasteiger partial charge in [-0.15, -0.1) is 0 Å². The fourth-order valence-electron chi connectivity index (χ4n) is 0.823. The summed E-state index contributed by atoms with van der Waals surface area (Å²) in [6.07, 6.45) is 0. The maximum Gasteiger partial charge on any atom is 0.356 e. The van der Waals surface area contributed by atoms with Gasteiger partial charge in [-0.2, -0.15) is 5.10 Å². The molecule has 64 valence electrons. The molecule has 0 bridgehead atoms. The molecule has 6 heteroatoms. The van der Waals surface area contributed by atoms with E-state index in [4.69, 9.17) is 16.2 Å². The molecule has 0 aliphatic rings. The number of nitrogens with two attached hydrogens (primary N) is 1. The van der Waals surface area contributed by atoms with Gasteiger partial charge in [0.25, 0.3) is 0 Å². The van der Waals surface area contributed by atoms with Crippen molar-refractivity contribution in [2.75, 3.05) is 0 Å². The van der Waals surface area contributed by atoms with Crippen molar-refractivity contribution in [2.24, 2.45) is 5.73 Å². The number of rotatable bonds is 1. The van der Waals surface area contributed by atoms with Crippen molar-refractivity contribution in [2.45, 2.75) is 6.92 Å². The van der Waals surface area contributed by atoms with Crippen molar-refractivity contribution in [3.05, 3.63) is 17.5 Å². The number of hydrogen-bond acceptors (Lipinski definition) is 3. The Bertz CT molecular complexity index is 341. The fraction of sp³-hybridized carbons (Fsp3) is 0.167. The highest BCUT2D eigenvalue weighted by atomic mass is 16.4. The van der Waals surface area contributed by atoms with Crippen LogP contribution in [0.4, 0.5) is 0 Å². The molecule has 0 amide bonds. The number of nitrogen functional groups attached to an aromatic ring is 1. The molecule has 0 saturated heterocycles. The van der Waals surface area contributed by atoms with Gasteiger partial charge in [0.1, 0.15) is 0 Å². The zero-order valence-corrected chi connectivity index (χ0v) is 6.40. The Morgan fingerprint density at radius 2 is 2.42 bits per heavy atom. The summed E-state index contributed by atoms with van der Waals surface area (Å²) in [4.78, 5) is 10.4. The summed E-state index contributed by atoms with van der Waals surface area (Å²) in [5, 5.41) is 19.1. The van der Waals surface area contributed by atoms with Gasteiger partial charge in [-0.25, -0.2) is 9.48 Å². The number of hydrogen-bond donors (Lipinski definition) is 3. The van der Waals surface area contributed by atoms with E-state index in [0.29, 0.717) is 5.69 Å². The number of aryl methyl sites for hydroxylation is 1. The monoisotopic (exact) mass is 168 g/mol. The maximum absolute atomic E-state index is 10.4. The number of carboxylic acids is 1. The Morgan fingerprint density at radius 1 is 1.83 bits per heavy atom. The van der Waals surface area contributed by atoms with Crippen LogP contribution in [0.25, 0.3) is 0 Å². The van der Waals surface area contributed by atoms with E-state index in [1.165, 1.54) is 6.07 Å².